The number of pyridine rings is 1. The third-order valence-corrected chi connectivity index (χ3v) is 4.83. The third-order valence-electron chi connectivity index (χ3n) is 4.83. The number of halogens is 4. The molecule has 0 aliphatic carbocycles. The number of amides is 2. The number of hydrogen-bond acceptors (Lipinski definition) is 7. The number of methoxy groups -OCH3 is 1. The zero-order chi connectivity index (χ0) is 26.7. The molecule has 0 saturated carbocycles. The van der Waals surface area contributed by atoms with E-state index in [1.165, 1.54) is 37.0 Å². The Bertz CT molecular complexity index is 1490. The standard InChI is InChI=1S/C23H18F4N6O4/c1-12(34)30-19-11-33-20(31-19)4-3-18(32-33)14-7-17(22(36-2)29-10-14)21(35)28-9-13-5-15(24)8-16(6-13)37-23(25,26)27/h3-8,10-11H,9H2,1-2H3,(H,28,35)(H,30,34). The highest BCUT2D eigenvalue weighted by atomic mass is 19.4. The van der Waals surface area contributed by atoms with Crippen molar-refractivity contribution in [3.05, 3.63) is 65.7 Å². The van der Waals surface area contributed by atoms with E-state index in [9.17, 15) is 27.2 Å². The average Bonchev–Trinajstić information content (AvgIpc) is 3.21. The van der Waals surface area contributed by atoms with E-state index < -0.39 is 23.8 Å². The van der Waals surface area contributed by atoms with Crippen molar-refractivity contribution in [1.29, 1.82) is 0 Å². The fourth-order valence-electron chi connectivity index (χ4n) is 3.39. The van der Waals surface area contributed by atoms with Gasteiger partial charge in [0.25, 0.3) is 5.91 Å². The van der Waals surface area contributed by atoms with E-state index in [0.29, 0.717) is 28.8 Å². The molecule has 0 saturated heterocycles. The van der Waals surface area contributed by atoms with E-state index in [1.807, 2.05) is 0 Å². The number of imidazole rings is 1. The van der Waals surface area contributed by atoms with Crippen LogP contribution in [-0.4, -0.2) is 44.9 Å². The predicted octanol–water partition coefficient (Wildman–Crippen LogP) is 3.73. The number of carbonyl (C=O) groups is 2. The largest absolute Gasteiger partial charge is 0.573 e. The number of carbonyl (C=O) groups excluding carboxylic acids is 2. The van der Waals surface area contributed by atoms with E-state index in [-0.39, 0.29) is 29.5 Å². The Balaban J connectivity index is 1.56. The number of ether oxygens (including phenoxy) is 2. The number of hydrogen-bond donors (Lipinski definition) is 2. The summed E-state index contributed by atoms with van der Waals surface area (Å²) < 4.78 is 61.5. The summed E-state index contributed by atoms with van der Waals surface area (Å²) in [5.41, 5.74) is 1.38. The van der Waals surface area contributed by atoms with Crippen LogP contribution in [0.5, 0.6) is 11.6 Å². The minimum atomic E-state index is -4.99. The molecule has 192 valence electrons. The maximum atomic E-state index is 13.8. The summed E-state index contributed by atoms with van der Waals surface area (Å²) in [7, 11) is 1.31. The second-order valence-corrected chi connectivity index (χ2v) is 7.64. The Morgan fingerprint density at radius 2 is 1.92 bits per heavy atom. The normalized spacial score (nSPS) is 11.3. The molecule has 0 unspecified atom stereocenters. The maximum absolute atomic E-state index is 13.8. The van der Waals surface area contributed by atoms with Crippen molar-refractivity contribution in [3.8, 4) is 22.9 Å². The van der Waals surface area contributed by atoms with Crippen LogP contribution >= 0.6 is 0 Å². The van der Waals surface area contributed by atoms with Crippen molar-refractivity contribution in [2.75, 3.05) is 12.4 Å². The number of fused-ring (bicyclic) bond motifs is 1. The minimum absolute atomic E-state index is 0.00892. The molecular formula is C23H18F4N6O4. The van der Waals surface area contributed by atoms with Crippen LogP contribution in [0.1, 0.15) is 22.8 Å². The number of benzene rings is 1. The van der Waals surface area contributed by atoms with Gasteiger partial charge in [0, 0.05) is 31.3 Å². The lowest BCUT2D eigenvalue weighted by atomic mass is 10.1. The molecule has 37 heavy (non-hydrogen) atoms. The smallest absolute Gasteiger partial charge is 0.480 e. The van der Waals surface area contributed by atoms with E-state index in [0.717, 1.165) is 12.1 Å². The number of anilines is 1. The van der Waals surface area contributed by atoms with Crippen LogP contribution < -0.4 is 20.1 Å². The molecule has 0 aliphatic heterocycles. The Morgan fingerprint density at radius 1 is 1.14 bits per heavy atom. The van der Waals surface area contributed by atoms with Gasteiger partial charge in [0.2, 0.25) is 11.8 Å². The molecule has 1 aromatic carbocycles. The molecule has 2 N–H and O–H groups in total. The van der Waals surface area contributed by atoms with Crippen LogP contribution in [0.2, 0.25) is 0 Å². The van der Waals surface area contributed by atoms with E-state index in [4.69, 9.17) is 4.74 Å². The summed E-state index contributed by atoms with van der Waals surface area (Å²) in [4.78, 5) is 32.5. The summed E-state index contributed by atoms with van der Waals surface area (Å²) in [6.45, 7) is 1.05. The highest BCUT2D eigenvalue weighted by Crippen LogP contribution is 2.26. The molecule has 0 spiro atoms. The van der Waals surface area contributed by atoms with Crippen molar-refractivity contribution < 1.29 is 36.6 Å². The third kappa shape index (κ3) is 6.28. The Hall–Kier alpha value is -4.75. The molecule has 0 radical (unpaired) electrons. The molecular weight excluding hydrogens is 500 g/mol. The first kappa shape index (κ1) is 25.3. The van der Waals surface area contributed by atoms with E-state index >= 15 is 0 Å². The molecule has 0 aliphatic rings. The lowest BCUT2D eigenvalue weighted by molar-refractivity contribution is -0.274. The van der Waals surface area contributed by atoms with Gasteiger partial charge < -0.3 is 20.1 Å². The van der Waals surface area contributed by atoms with Crippen LogP contribution in [0, 0.1) is 5.82 Å². The molecule has 4 aromatic rings. The molecule has 2 amide bonds. The number of aromatic nitrogens is 4. The number of nitrogens with zero attached hydrogens (tertiary/aromatic N) is 4. The topological polar surface area (TPSA) is 120 Å². The van der Waals surface area contributed by atoms with Gasteiger partial charge in [0.05, 0.1) is 19.0 Å². The van der Waals surface area contributed by atoms with Gasteiger partial charge in [0.1, 0.15) is 17.1 Å². The van der Waals surface area contributed by atoms with Crippen molar-refractivity contribution in [2.24, 2.45) is 0 Å². The molecule has 14 heteroatoms. The quantitative estimate of drug-likeness (QED) is 0.358. The van der Waals surface area contributed by atoms with Gasteiger partial charge in [-0.3, -0.25) is 9.59 Å². The zero-order valence-electron chi connectivity index (χ0n) is 19.3. The number of nitrogens with one attached hydrogen (secondary N) is 2. The van der Waals surface area contributed by atoms with Gasteiger partial charge in [-0.05, 0) is 35.9 Å². The van der Waals surface area contributed by atoms with Crippen molar-refractivity contribution in [3.63, 3.8) is 0 Å². The van der Waals surface area contributed by atoms with Gasteiger partial charge in [-0.15, -0.1) is 13.2 Å². The van der Waals surface area contributed by atoms with E-state index in [1.54, 1.807) is 12.1 Å². The first-order valence-corrected chi connectivity index (χ1v) is 10.5. The predicted molar refractivity (Wildman–Crippen MR) is 121 cm³/mol. The van der Waals surface area contributed by atoms with Gasteiger partial charge in [0.15, 0.2) is 11.5 Å². The van der Waals surface area contributed by atoms with Crippen molar-refractivity contribution in [1.82, 2.24) is 24.9 Å². The zero-order valence-corrected chi connectivity index (χ0v) is 19.3. The van der Waals surface area contributed by atoms with Gasteiger partial charge in [-0.25, -0.2) is 18.9 Å². The number of rotatable bonds is 7. The highest BCUT2D eigenvalue weighted by molar-refractivity contribution is 5.97. The highest BCUT2D eigenvalue weighted by Gasteiger charge is 2.31. The minimum Gasteiger partial charge on any atom is -0.480 e. The van der Waals surface area contributed by atoms with Crippen LogP contribution in [-0.2, 0) is 11.3 Å². The van der Waals surface area contributed by atoms with Crippen molar-refractivity contribution >= 4 is 23.3 Å². The summed E-state index contributed by atoms with van der Waals surface area (Å²) in [6, 6.07) is 7.27. The number of alkyl halides is 3. The molecule has 4 rings (SSSR count). The molecule has 0 bridgehead atoms. The SMILES string of the molecule is COc1ncc(-c2ccc3nc(NC(C)=O)cn3n2)cc1C(=O)NCc1cc(F)cc(OC(F)(F)F)c1. The lowest BCUT2D eigenvalue weighted by Gasteiger charge is -2.12. The first-order valence-electron chi connectivity index (χ1n) is 10.5. The molecule has 3 heterocycles. The van der Waals surface area contributed by atoms with Gasteiger partial charge in [-0.2, -0.15) is 5.10 Å². The second-order valence-electron chi connectivity index (χ2n) is 7.64. The first-order chi connectivity index (χ1) is 17.5. The summed E-state index contributed by atoms with van der Waals surface area (Å²) >= 11 is 0. The Labute approximate surface area is 206 Å². The van der Waals surface area contributed by atoms with Crippen LogP contribution in [0.4, 0.5) is 23.4 Å². The Morgan fingerprint density at radius 3 is 2.62 bits per heavy atom. The fraction of sp³-hybridized carbons (Fsp3) is 0.174. The van der Waals surface area contributed by atoms with Crippen LogP contribution in [0.15, 0.2) is 48.8 Å². The van der Waals surface area contributed by atoms with Crippen LogP contribution in [0.3, 0.4) is 0 Å². The monoisotopic (exact) mass is 518 g/mol. The van der Waals surface area contributed by atoms with E-state index in [2.05, 4.69) is 30.4 Å². The molecule has 3 aromatic heterocycles. The molecule has 0 atom stereocenters. The molecule has 0 fully saturated rings. The van der Waals surface area contributed by atoms with Gasteiger partial charge >= 0.3 is 6.36 Å². The second kappa shape index (κ2) is 10.1. The van der Waals surface area contributed by atoms with Crippen LogP contribution in [0.25, 0.3) is 16.9 Å². The average molecular weight is 518 g/mol. The fourth-order valence-corrected chi connectivity index (χ4v) is 3.39. The van der Waals surface area contributed by atoms with Gasteiger partial charge in [-0.1, -0.05) is 0 Å². The lowest BCUT2D eigenvalue weighted by Crippen LogP contribution is -2.24. The van der Waals surface area contributed by atoms with Crippen molar-refractivity contribution in [2.45, 2.75) is 19.8 Å². The maximum Gasteiger partial charge on any atom is 0.573 e. The summed E-state index contributed by atoms with van der Waals surface area (Å²) in [5.74, 6) is -2.38. The Kier molecular flexibility index (Phi) is 6.91. The summed E-state index contributed by atoms with van der Waals surface area (Å²) in [6.07, 6.45) is -2.05. The summed E-state index contributed by atoms with van der Waals surface area (Å²) in [5, 5.41) is 9.47. The molecule has 10 nitrogen and oxygen atoms in total.